The van der Waals surface area contributed by atoms with Crippen LogP contribution in [0.25, 0.3) is 0 Å². The third-order valence-electron chi connectivity index (χ3n) is 4.42. The van der Waals surface area contributed by atoms with E-state index in [2.05, 4.69) is 4.72 Å². The van der Waals surface area contributed by atoms with E-state index in [1.807, 2.05) is 4.90 Å². The molecule has 3 rings (SSSR count). The lowest BCUT2D eigenvalue weighted by atomic mass is 10.1. The molecule has 0 spiro atoms. The fourth-order valence-corrected chi connectivity index (χ4v) is 4.60. The number of hydrogen-bond acceptors (Lipinski definition) is 5. The zero-order valence-corrected chi connectivity index (χ0v) is 15.7. The first-order chi connectivity index (χ1) is 12.8. The summed E-state index contributed by atoms with van der Waals surface area (Å²) in [5.74, 6) is -0.498. The molecule has 0 bridgehead atoms. The Hall–Kier alpha value is -2.23. The Morgan fingerprint density at radius 2 is 1.78 bits per heavy atom. The van der Waals surface area contributed by atoms with E-state index in [4.69, 9.17) is 11.6 Å². The van der Waals surface area contributed by atoms with Crippen LogP contribution < -0.4 is 9.62 Å². The normalized spacial score (nSPS) is 15.7. The molecule has 1 aliphatic rings. The lowest BCUT2D eigenvalue weighted by molar-refractivity contribution is -0.384. The molecule has 0 unspecified atom stereocenters. The Morgan fingerprint density at radius 1 is 1.15 bits per heavy atom. The molecule has 1 fully saturated rings. The van der Waals surface area contributed by atoms with Gasteiger partial charge in [-0.05, 0) is 43.2 Å². The summed E-state index contributed by atoms with van der Waals surface area (Å²) in [6.07, 6.45) is 1.10. The van der Waals surface area contributed by atoms with Crippen molar-refractivity contribution in [3.8, 4) is 0 Å². The van der Waals surface area contributed by atoms with Crippen LogP contribution in [0.4, 0.5) is 15.8 Å². The number of nitrogens with one attached hydrogen (secondary N) is 1. The molecule has 7 nitrogen and oxygen atoms in total. The summed E-state index contributed by atoms with van der Waals surface area (Å²) in [7, 11) is -3.72. The van der Waals surface area contributed by atoms with Crippen LogP contribution in [0.2, 0.25) is 5.02 Å². The molecule has 2 aromatic carbocycles. The van der Waals surface area contributed by atoms with E-state index < -0.39 is 20.8 Å². The van der Waals surface area contributed by atoms with E-state index in [0.29, 0.717) is 31.6 Å². The Labute approximate surface area is 160 Å². The monoisotopic (exact) mass is 413 g/mol. The van der Waals surface area contributed by atoms with E-state index in [0.717, 1.165) is 12.1 Å². The summed E-state index contributed by atoms with van der Waals surface area (Å²) in [4.78, 5) is 12.3. The van der Waals surface area contributed by atoms with Crippen LogP contribution in [0.5, 0.6) is 0 Å². The first-order valence-electron chi connectivity index (χ1n) is 8.23. The van der Waals surface area contributed by atoms with Crippen molar-refractivity contribution in [2.75, 3.05) is 18.0 Å². The zero-order valence-electron chi connectivity index (χ0n) is 14.1. The molecule has 0 radical (unpaired) electrons. The maximum absolute atomic E-state index is 13.0. The summed E-state index contributed by atoms with van der Waals surface area (Å²) in [5, 5.41) is 11.1. The largest absolute Gasteiger partial charge is 0.370 e. The van der Waals surface area contributed by atoms with Crippen LogP contribution in [0, 0.1) is 15.9 Å². The van der Waals surface area contributed by atoms with Gasteiger partial charge in [0.25, 0.3) is 5.69 Å². The van der Waals surface area contributed by atoms with E-state index in [-0.39, 0.29) is 21.6 Å². The molecule has 0 atom stereocenters. The van der Waals surface area contributed by atoms with Gasteiger partial charge >= 0.3 is 0 Å². The van der Waals surface area contributed by atoms with Crippen molar-refractivity contribution in [3.05, 3.63) is 63.4 Å². The van der Waals surface area contributed by atoms with Crippen LogP contribution in [-0.4, -0.2) is 32.5 Å². The molecule has 1 N–H and O–H groups in total. The van der Waals surface area contributed by atoms with E-state index in [1.165, 1.54) is 24.3 Å². The van der Waals surface area contributed by atoms with Gasteiger partial charge in [0.15, 0.2) is 0 Å². The maximum atomic E-state index is 13.0. The van der Waals surface area contributed by atoms with Gasteiger partial charge < -0.3 is 4.90 Å². The first kappa shape index (κ1) is 19.5. The fourth-order valence-electron chi connectivity index (χ4n) is 3.01. The fraction of sp³-hybridized carbons (Fsp3) is 0.294. The van der Waals surface area contributed by atoms with Gasteiger partial charge in [-0.3, -0.25) is 10.1 Å². The number of hydrogen-bond donors (Lipinski definition) is 1. The molecule has 144 valence electrons. The summed E-state index contributed by atoms with van der Waals surface area (Å²) in [5.41, 5.74) is 0.604. The number of piperidine rings is 1. The van der Waals surface area contributed by atoms with Gasteiger partial charge in [-0.1, -0.05) is 11.6 Å². The van der Waals surface area contributed by atoms with E-state index in [1.54, 1.807) is 6.07 Å². The SMILES string of the molecule is O=[N+]([O-])c1ccc(N2CCC(NS(=O)(=O)c3ccc(F)cc3)CC2)c(Cl)c1. The topological polar surface area (TPSA) is 92.6 Å². The number of benzene rings is 2. The van der Waals surface area contributed by atoms with Crippen molar-refractivity contribution in [2.45, 2.75) is 23.8 Å². The highest BCUT2D eigenvalue weighted by Crippen LogP contribution is 2.31. The smallest absolute Gasteiger partial charge is 0.271 e. The molecule has 1 aliphatic heterocycles. The quantitative estimate of drug-likeness (QED) is 0.599. The molecule has 0 saturated carbocycles. The van der Waals surface area contributed by atoms with Crippen molar-refractivity contribution in [1.29, 1.82) is 0 Å². The van der Waals surface area contributed by atoms with Crippen molar-refractivity contribution in [2.24, 2.45) is 0 Å². The number of sulfonamides is 1. The predicted molar refractivity (Wildman–Crippen MR) is 100 cm³/mol. The van der Waals surface area contributed by atoms with Crippen molar-refractivity contribution in [1.82, 2.24) is 4.72 Å². The van der Waals surface area contributed by atoms with E-state index in [9.17, 15) is 22.9 Å². The van der Waals surface area contributed by atoms with Gasteiger partial charge in [0.05, 0.1) is 20.5 Å². The molecule has 1 heterocycles. The number of rotatable bonds is 5. The molecule has 2 aromatic rings. The minimum Gasteiger partial charge on any atom is -0.370 e. The van der Waals surface area contributed by atoms with Crippen molar-refractivity contribution in [3.63, 3.8) is 0 Å². The number of anilines is 1. The summed E-state index contributed by atoms with van der Waals surface area (Å²) in [6, 6.07) is 8.70. The highest BCUT2D eigenvalue weighted by molar-refractivity contribution is 7.89. The number of nitro benzene ring substituents is 1. The Kier molecular flexibility index (Phi) is 5.64. The highest BCUT2D eigenvalue weighted by Gasteiger charge is 2.26. The standard InChI is InChI=1S/C17H17ClFN3O4S/c18-16-11-14(22(23)24)3-6-17(16)21-9-7-13(8-10-21)20-27(25,26)15-4-1-12(19)2-5-15/h1-6,11,13,20H,7-10H2. The van der Waals surface area contributed by atoms with Gasteiger partial charge in [0.1, 0.15) is 5.82 Å². The Morgan fingerprint density at radius 3 is 2.33 bits per heavy atom. The second-order valence-electron chi connectivity index (χ2n) is 6.23. The summed E-state index contributed by atoms with van der Waals surface area (Å²) >= 11 is 6.15. The molecule has 0 aliphatic carbocycles. The lowest BCUT2D eigenvalue weighted by Crippen LogP contribution is -2.44. The van der Waals surface area contributed by atoms with Gasteiger partial charge in [0.2, 0.25) is 10.0 Å². The van der Waals surface area contributed by atoms with Gasteiger partial charge in [-0.15, -0.1) is 0 Å². The van der Waals surface area contributed by atoms with Crippen LogP contribution in [-0.2, 0) is 10.0 Å². The van der Waals surface area contributed by atoms with Gasteiger partial charge in [0, 0.05) is 31.3 Å². The highest BCUT2D eigenvalue weighted by atomic mass is 35.5. The molecule has 10 heteroatoms. The number of halogens is 2. The molecule has 27 heavy (non-hydrogen) atoms. The van der Waals surface area contributed by atoms with Gasteiger partial charge in [-0.25, -0.2) is 17.5 Å². The minimum absolute atomic E-state index is 0.0183. The maximum Gasteiger partial charge on any atom is 0.271 e. The lowest BCUT2D eigenvalue weighted by Gasteiger charge is -2.34. The Bertz CT molecular complexity index is 945. The number of nitro groups is 1. The van der Waals surface area contributed by atoms with Crippen LogP contribution in [0.3, 0.4) is 0 Å². The molecule has 1 saturated heterocycles. The first-order valence-corrected chi connectivity index (χ1v) is 10.1. The Balaban J connectivity index is 1.64. The van der Waals surface area contributed by atoms with Crippen molar-refractivity contribution >= 4 is 33.0 Å². The van der Waals surface area contributed by atoms with E-state index >= 15 is 0 Å². The third kappa shape index (κ3) is 4.55. The second kappa shape index (κ2) is 7.79. The van der Waals surface area contributed by atoms with Crippen LogP contribution >= 0.6 is 11.6 Å². The molecular weight excluding hydrogens is 397 g/mol. The predicted octanol–water partition coefficient (Wildman–Crippen LogP) is 3.33. The average molecular weight is 414 g/mol. The summed E-state index contributed by atoms with van der Waals surface area (Å²) < 4.78 is 40.4. The average Bonchev–Trinajstić information content (AvgIpc) is 2.62. The third-order valence-corrected chi connectivity index (χ3v) is 6.26. The minimum atomic E-state index is -3.72. The second-order valence-corrected chi connectivity index (χ2v) is 8.35. The van der Waals surface area contributed by atoms with Crippen molar-refractivity contribution < 1.29 is 17.7 Å². The van der Waals surface area contributed by atoms with Crippen LogP contribution in [0.1, 0.15) is 12.8 Å². The molecular formula is C17H17ClFN3O4S. The zero-order chi connectivity index (χ0) is 19.6. The van der Waals surface area contributed by atoms with Crippen LogP contribution in [0.15, 0.2) is 47.4 Å². The molecule has 0 amide bonds. The molecule has 0 aromatic heterocycles. The summed E-state index contributed by atoms with van der Waals surface area (Å²) in [6.45, 7) is 1.10. The number of nitrogens with zero attached hydrogens (tertiary/aromatic N) is 2. The van der Waals surface area contributed by atoms with Gasteiger partial charge in [-0.2, -0.15) is 0 Å². The number of non-ortho nitro benzene ring substituents is 1.